The summed E-state index contributed by atoms with van der Waals surface area (Å²) < 4.78 is 57.8. The van der Waals surface area contributed by atoms with E-state index in [0.717, 1.165) is 12.1 Å². The second-order valence-corrected chi connectivity index (χ2v) is 4.03. The Balaban J connectivity index is 2.21. The molecule has 0 saturated carbocycles. The number of benzene rings is 1. The van der Waals surface area contributed by atoms with E-state index in [2.05, 4.69) is 5.10 Å². The maximum Gasteiger partial charge on any atom is 0.513 e. The number of ether oxygens (including phenoxy) is 1. The molecule has 19 heavy (non-hydrogen) atoms. The Bertz CT molecular complexity index is 582. The number of hydrogen-bond acceptors (Lipinski definition) is 2. The van der Waals surface area contributed by atoms with Crippen molar-refractivity contribution in [3.63, 3.8) is 0 Å². The first-order valence-electron chi connectivity index (χ1n) is 5.47. The molecule has 1 heterocycles. The second-order valence-electron chi connectivity index (χ2n) is 4.03. The molecule has 2 aromatic rings. The fourth-order valence-corrected chi connectivity index (χ4v) is 1.60. The van der Waals surface area contributed by atoms with Crippen molar-refractivity contribution >= 4 is 12.4 Å². The zero-order chi connectivity index (χ0) is 14.0. The van der Waals surface area contributed by atoms with E-state index in [1.807, 2.05) is 0 Å². The molecule has 3 nitrogen and oxygen atoms in total. The molecule has 1 aromatic heterocycles. The minimum atomic E-state index is -5.25. The number of rotatable bonds is 4. The molecule has 0 unspecified atom stereocenters. The Morgan fingerprint density at radius 1 is 1.26 bits per heavy atom. The van der Waals surface area contributed by atoms with Crippen LogP contribution in [0, 0.1) is 5.82 Å². The molecule has 0 aliphatic rings. The van der Waals surface area contributed by atoms with Crippen molar-refractivity contribution in [1.82, 2.24) is 9.78 Å². The number of hydrogen-bond donors (Lipinski definition) is 0. The van der Waals surface area contributed by atoms with Gasteiger partial charge in [0, 0.05) is 19.3 Å². The van der Waals surface area contributed by atoms with Gasteiger partial charge in [-0.05, 0) is 12.1 Å². The minimum absolute atomic E-state index is 0.149. The average Bonchev–Trinajstić information content (AvgIpc) is 2.71. The van der Waals surface area contributed by atoms with Crippen LogP contribution in [0.15, 0.2) is 30.5 Å². The van der Waals surface area contributed by atoms with E-state index in [1.54, 1.807) is 19.3 Å². The maximum atomic E-state index is 13.0. The van der Waals surface area contributed by atoms with Gasteiger partial charge in [0.05, 0.1) is 11.4 Å². The van der Waals surface area contributed by atoms with Crippen LogP contribution in [0.3, 0.4) is 0 Å². The summed E-state index contributed by atoms with van der Waals surface area (Å²) in [6.45, 7) is -5.40. The zero-order valence-corrected chi connectivity index (χ0v) is 9.99. The summed E-state index contributed by atoms with van der Waals surface area (Å²) in [5.41, 5.74) is -0.482. The largest absolute Gasteiger partial charge is 0.513 e. The molecule has 0 atom stereocenters. The fraction of sp³-hybridized carbons (Fsp3) is 0.182. The first-order valence-corrected chi connectivity index (χ1v) is 5.47. The van der Waals surface area contributed by atoms with Gasteiger partial charge in [0.2, 0.25) is 0 Å². The van der Waals surface area contributed by atoms with Crippen LogP contribution in [0.2, 0.25) is 0 Å². The molecule has 8 heteroatoms. The van der Waals surface area contributed by atoms with E-state index in [9.17, 15) is 17.3 Å². The standard InChI is InChI=1S/C11H10BF4N2O/c1-18-5-4-9(17-18)7-19-11-6-8(13)2-3-10(11)12(14,15)16/h2-6H,7H2,1H3/q-1. The summed E-state index contributed by atoms with van der Waals surface area (Å²) in [6.07, 6.45) is 1.64. The van der Waals surface area contributed by atoms with E-state index < -0.39 is 24.0 Å². The maximum absolute atomic E-state index is 13.0. The smallest absolute Gasteiger partial charge is 0.490 e. The highest BCUT2D eigenvalue weighted by Crippen LogP contribution is 2.19. The van der Waals surface area contributed by atoms with Gasteiger partial charge in [-0.3, -0.25) is 4.68 Å². The van der Waals surface area contributed by atoms with E-state index >= 15 is 0 Å². The molecule has 0 aliphatic carbocycles. The molecule has 0 amide bonds. The Morgan fingerprint density at radius 2 is 2.00 bits per heavy atom. The van der Waals surface area contributed by atoms with Gasteiger partial charge in [-0.2, -0.15) is 5.10 Å². The molecule has 0 bridgehead atoms. The highest BCUT2D eigenvalue weighted by atomic mass is 19.4. The van der Waals surface area contributed by atoms with Gasteiger partial charge in [-0.1, -0.05) is 11.5 Å². The van der Waals surface area contributed by atoms with E-state index in [1.165, 1.54) is 4.68 Å². The van der Waals surface area contributed by atoms with Gasteiger partial charge in [-0.25, -0.2) is 4.39 Å². The van der Waals surface area contributed by atoms with E-state index in [0.29, 0.717) is 11.8 Å². The van der Waals surface area contributed by atoms with Crippen molar-refractivity contribution in [3.05, 3.63) is 42.0 Å². The summed E-state index contributed by atoms with van der Waals surface area (Å²) >= 11 is 0. The highest BCUT2D eigenvalue weighted by molar-refractivity contribution is 6.74. The Hall–Kier alpha value is -1.99. The number of aromatic nitrogens is 2. The number of halogens is 4. The van der Waals surface area contributed by atoms with Crippen LogP contribution in [0.25, 0.3) is 0 Å². The van der Waals surface area contributed by atoms with Crippen LogP contribution in [-0.2, 0) is 13.7 Å². The van der Waals surface area contributed by atoms with Gasteiger partial charge in [0.25, 0.3) is 0 Å². The van der Waals surface area contributed by atoms with Crippen LogP contribution in [0.4, 0.5) is 17.3 Å². The Kier molecular flexibility index (Phi) is 3.50. The average molecular weight is 273 g/mol. The van der Waals surface area contributed by atoms with Gasteiger partial charge < -0.3 is 17.7 Å². The fourth-order valence-electron chi connectivity index (χ4n) is 1.60. The molecule has 0 aliphatic heterocycles. The molecule has 1 aromatic carbocycles. The third kappa shape index (κ3) is 3.27. The number of aryl methyl sites for hydroxylation is 1. The molecule has 0 saturated heterocycles. The molecule has 0 spiro atoms. The monoisotopic (exact) mass is 273 g/mol. The lowest BCUT2D eigenvalue weighted by Gasteiger charge is -2.19. The van der Waals surface area contributed by atoms with Crippen molar-refractivity contribution in [1.29, 1.82) is 0 Å². The van der Waals surface area contributed by atoms with Gasteiger partial charge in [0.15, 0.2) is 0 Å². The summed E-state index contributed by atoms with van der Waals surface area (Å²) in [7, 11) is 1.68. The third-order valence-corrected chi connectivity index (χ3v) is 2.47. The molecule has 102 valence electrons. The second kappa shape index (κ2) is 4.95. The lowest BCUT2D eigenvalue weighted by Crippen LogP contribution is -2.35. The van der Waals surface area contributed by atoms with Gasteiger partial charge >= 0.3 is 6.98 Å². The van der Waals surface area contributed by atoms with Crippen LogP contribution in [-0.4, -0.2) is 16.8 Å². The Morgan fingerprint density at radius 3 is 2.58 bits per heavy atom. The molecular weight excluding hydrogens is 263 g/mol. The minimum Gasteiger partial charge on any atom is -0.490 e. The topological polar surface area (TPSA) is 27.1 Å². The zero-order valence-electron chi connectivity index (χ0n) is 9.99. The van der Waals surface area contributed by atoms with Crippen molar-refractivity contribution < 1.29 is 22.1 Å². The predicted octanol–water partition coefficient (Wildman–Crippen LogP) is 2.19. The molecule has 0 N–H and O–H groups in total. The molecule has 0 fully saturated rings. The lowest BCUT2D eigenvalue weighted by atomic mass is 9.79. The predicted molar refractivity (Wildman–Crippen MR) is 62.7 cm³/mol. The van der Waals surface area contributed by atoms with Gasteiger partial charge in [-0.15, -0.1) is 0 Å². The molecule has 2 rings (SSSR count). The quantitative estimate of drug-likeness (QED) is 0.630. The molecule has 0 radical (unpaired) electrons. The normalized spacial score (nSPS) is 11.6. The summed E-state index contributed by atoms with van der Waals surface area (Å²) in [6, 6.07) is 3.78. The lowest BCUT2D eigenvalue weighted by molar-refractivity contribution is 0.299. The summed E-state index contributed by atoms with van der Waals surface area (Å²) in [5.74, 6) is -1.29. The van der Waals surface area contributed by atoms with Crippen LogP contribution in [0.1, 0.15) is 5.69 Å². The van der Waals surface area contributed by atoms with Crippen molar-refractivity contribution in [2.75, 3.05) is 0 Å². The highest BCUT2D eigenvalue weighted by Gasteiger charge is 2.29. The van der Waals surface area contributed by atoms with Crippen LogP contribution < -0.4 is 10.2 Å². The van der Waals surface area contributed by atoms with E-state index in [-0.39, 0.29) is 6.61 Å². The van der Waals surface area contributed by atoms with Crippen LogP contribution in [0.5, 0.6) is 5.75 Å². The van der Waals surface area contributed by atoms with Crippen molar-refractivity contribution in [2.24, 2.45) is 7.05 Å². The first-order chi connectivity index (χ1) is 8.86. The van der Waals surface area contributed by atoms with Crippen molar-refractivity contribution in [2.45, 2.75) is 6.61 Å². The SMILES string of the molecule is Cn1ccc(COc2cc(F)ccc2[B-](F)(F)F)n1. The molecular formula is C11H10BF4N2O-. The van der Waals surface area contributed by atoms with E-state index in [4.69, 9.17) is 4.74 Å². The third-order valence-electron chi connectivity index (χ3n) is 2.47. The van der Waals surface area contributed by atoms with Crippen LogP contribution >= 0.6 is 0 Å². The summed E-state index contributed by atoms with van der Waals surface area (Å²) in [5, 5.41) is 3.96. The first kappa shape index (κ1) is 13.4. The van der Waals surface area contributed by atoms with Crippen molar-refractivity contribution in [3.8, 4) is 5.75 Å². The summed E-state index contributed by atoms with van der Waals surface area (Å²) in [4.78, 5) is 0. The van der Waals surface area contributed by atoms with Gasteiger partial charge in [0.1, 0.15) is 12.4 Å². The Labute approximate surface area is 106 Å². The number of nitrogens with zero attached hydrogens (tertiary/aromatic N) is 2.